The van der Waals surface area contributed by atoms with Gasteiger partial charge in [0.15, 0.2) is 5.96 Å². The van der Waals surface area contributed by atoms with Crippen LogP contribution in [0.3, 0.4) is 0 Å². The van der Waals surface area contributed by atoms with Crippen molar-refractivity contribution in [2.45, 2.75) is 50.3 Å². The van der Waals surface area contributed by atoms with Gasteiger partial charge in [0.05, 0.1) is 17.6 Å². The summed E-state index contributed by atoms with van der Waals surface area (Å²) in [5.41, 5.74) is 0.976. The van der Waals surface area contributed by atoms with Crippen LogP contribution in [0.2, 0.25) is 0 Å². The van der Waals surface area contributed by atoms with Gasteiger partial charge in [-0.15, -0.1) is 24.0 Å². The summed E-state index contributed by atoms with van der Waals surface area (Å²) < 4.78 is 37.4. The number of rotatable bonds is 10. The molecule has 1 aromatic carbocycles. The molecule has 1 aromatic rings. The molecule has 1 aliphatic rings. The quantitative estimate of drug-likeness (QED) is 0.200. The fourth-order valence-corrected chi connectivity index (χ4v) is 4.17. The van der Waals surface area contributed by atoms with Crippen molar-refractivity contribution >= 4 is 40.0 Å². The van der Waals surface area contributed by atoms with E-state index in [2.05, 4.69) is 15.6 Å². The third kappa shape index (κ3) is 8.29. The highest BCUT2D eigenvalue weighted by Gasteiger charge is 2.22. The zero-order chi connectivity index (χ0) is 21.3. The van der Waals surface area contributed by atoms with E-state index >= 15 is 0 Å². The summed E-state index contributed by atoms with van der Waals surface area (Å²) in [7, 11) is -0.141. The number of hydrogen-bond acceptors (Lipinski definition) is 5. The third-order valence-corrected chi connectivity index (χ3v) is 6.91. The summed E-state index contributed by atoms with van der Waals surface area (Å²) in [6.45, 7) is 7.19. The van der Waals surface area contributed by atoms with Gasteiger partial charge in [-0.25, -0.2) is 8.42 Å². The van der Waals surface area contributed by atoms with Crippen LogP contribution in [0.1, 0.15) is 32.3 Å². The number of aliphatic imine (C=N–C) groups is 1. The van der Waals surface area contributed by atoms with Gasteiger partial charge in [-0.05, 0) is 44.4 Å². The van der Waals surface area contributed by atoms with Crippen molar-refractivity contribution in [3.63, 3.8) is 0 Å². The van der Waals surface area contributed by atoms with E-state index < -0.39 is 10.0 Å². The lowest BCUT2D eigenvalue weighted by atomic mass is 10.2. The van der Waals surface area contributed by atoms with Crippen LogP contribution >= 0.6 is 24.0 Å². The molecule has 1 atom stereocenters. The smallest absolute Gasteiger partial charge is 0.243 e. The Morgan fingerprint density at radius 3 is 2.57 bits per heavy atom. The molecule has 2 rings (SSSR count). The van der Waals surface area contributed by atoms with Gasteiger partial charge in [-0.1, -0.05) is 12.1 Å². The minimum atomic E-state index is -3.46. The van der Waals surface area contributed by atoms with Crippen LogP contribution in [0.25, 0.3) is 0 Å². The summed E-state index contributed by atoms with van der Waals surface area (Å²) in [4.78, 5) is 4.51. The van der Waals surface area contributed by atoms with Crippen LogP contribution in [-0.2, 0) is 26.0 Å². The van der Waals surface area contributed by atoms with Gasteiger partial charge in [0.2, 0.25) is 10.0 Å². The van der Waals surface area contributed by atoms with E-state index in [4.69, 9.17) is 9.47 Å². The Labute approximate surface area is 197 Å². The third-order valence-electron chi connectivity index (χ3n) is 4.87. The summed E-state index contributed by atoms with van der Waals surface area (Å²) >= 11 is 0. The van der Waals surface area contributed by atoms with Gasteiger partial charge in [0.25, 0.3) is 0 Å². The number of benzene rings is 1. The summed E-state index contributed by atoms with van der Waals surface area (Å²) in [6, 6.07) is 6.84. The molecule has 0 amide bonds. The Morgan fingerprint density at radius 1 is 1.30 bits per heavy atom. The van der Waals surface area contributed by atoms with E-state index in [1.54, 1.807) is 26.2 Å². The van der Waals surface area contributed by atoms with Crippen molar-refractivity contribution in [3.05, 3.63) is 29.8 Å². The molecule has 172 valence electrons. The van der Waals surface area contributed by atoms with E-state index in [1.165, 1.54) is 4.31 Å². The van der Waals surface area contributed by atoms with E-state index in [9.17, 15) is 8.42 Å². The lowest BCUT2D eigenvalue weighted by molar-refractivity contribution is 0.0420. The van der Waals surface area contributed by atoms with Gasteiger partial charge in [0.1, 0.15) is 0 Å². The average Bonchev–Trinajstić information content (AvgIpc) is 3.23. The number of nitrogens with zero attached hydrogens (tertiary/aromatic N) is 2. The van der Waals surface area contributed by atoms with Crippen molar-refractivity contribution in [3.8, 4) is 0 Å². The molecular weight excluding hydrogens is 519 g/mol. The predicted molar refractivity (Wildman–Crippen MR) is 130 cm³/mol. The maximum atomic E-state index is 12.5. The van der Waals surface area contributed by atoms with Crippen molar-refractivity contribution in [1.82, 2.24) is 14.9 Å². The SMILES string of the molecule is CN=C(NCCCOC1CCOC1)NCc1ccc(S(=O)(=O)N(C)C(C)C)cc1.I. The first-order chi connectivity index (χ1) is 13.8. The lowest BCUT2D eigenvalue weighted by Gasteiger charge is -2.21. The van der Waals surface area contributed by atoms with Gasteiger partial charge < -0.3 is 20.1 Å². The second-order valence-electron chi connectivity index (χ2n) is 7.32. The molecule has 0 radical (unpaired) electrons. The fraction of sp³-hybridized carbons (Fsp3) is 0.650. The molecule has 0 spiro atoms. The number of halogens is 1. The van der Waals surface area contributed by atoms with E-state index in [1.807, 2.05) is 26.0 Å². The topological polar surface area (TPSA) is 92.3 Å². The molecule has 1 fully saturated rings. The molecule has 30 heavy (non-hydrogen) atoms. The Hall–Kier alpha value is -0.950. The van der Waals surface area contributed by atoms with E-state index in [0.717, 1.165) is 31.6 Å². The normalized spacial score (nSPS) is 17.3. The van der Waals surface area contributed by atoms with Gasteiger partial charge in [-0.2, -0.15) is 4.31 Å². The summed E-state index contributed by atoms with van der Waals surface area (Å²) in [5.74, 6) is 0.699. The van der Waals surface area contributed by atoms with Crippen LogP contribution in [0.5, 0.6) is 0 Å². The minimum absolute atomic E-state index is 0. The monoisotopic (exact) mass is 554 g/mol. The Bertz CT molecular complexity index is 751. The molecule has 0 aliphatic carbocycles. The number of ether oxygens (including phenoxy) is 2. The largest absolute Gasteiger partial charge is 0.379 e. The van der Waals surface area contributed by atoms with Gasteiger partial charge >= 0.3 is 0 Å². The highest BCUT2D eigenvalue weighted by molar-refractivity contribution is 14.0. The van der Waals surface area contributed by atoms with Crippen molar-refractivity contribution in [2.75, 3.05) is 40.5 Å². The lowest BCUT2D eigenvalue weighted by Crippen LogP contribution is -2.37. The molecule has 2 N–H and O–H groups in total. The maximum Gasteiger partial charge on any atom is 0.243 e. The number of hydrogen-bond donors (Lipinski definition) is 2. The molecule has 0 aromatic heterocycles. The van der Waals surface area contributed by atoms with Crippen molar-refractivity contribution in [1.29, 1.82) is 0 Å². The standard InChI is InChI=1S/C20H34N4O4S.HI/c1-16(2)24(4)29(25,26)19-8-6-17(7-9-19)14-23-20(21-3)22-11-5-12-28-18-10-13-27-15-18;/h6-9,16,18H,5,10-15H2,1-4H3,(H2,21,22,23);1H. The Balaban J connectivity index is 0.00000450. The first kappa shape index (κ1) is 27.1. The molecule has 0 saturated carbocycles. The molecule has 0 bridgehead atoms. The average molecular weight is 554 g/mol. The zero-order valence-electron chi connectivity index (χ0n) is 18.3. The van der Waals surface area contributed by atoms with E-state index in [-0.39, 0.29) is 36.1 Å². The summed E-state index contributed by atoms with van der Waals surface area (Å²) in [5, 5.41) is 6.49. The molecule has 8 nitrogen and oxygen atoms in total. The Kier molecular flexibility index (Phi) is 12.2. The van der Waals surface area contributed by atoms with Crippen molar-refractivity contribution in [2.24, 2.45) is 4.99 Å². The molecule has 1 unspecified atom stereocenters. The Morgan fingerprint density at radius 2 is 2.00 bits per heavy atom. The second kappa shape index (κ2) is 13.5. The van der Waals surface area contributed by atoms with Gasteiger partial charge in [0, 0.05) is 46.4 Å². The van der Waals surface area contributed by atoms with Crippen LogP contribution in [0.4, 0.5) is 0 Å². The van der Waals surface area contributed by atoms with Crippen LogP contribution in [0, 0.1) is 0 Å². The zero-order valence-corrected chi connectivity index (χ0v) is 21.4. The van der Waals surface area contributed by atoms with Crippen LogP contribution in [0.15, 0.2) is 34.2 Å². The first-order valence-corrected chi connectivity index (χ1v) is 11.5. The van der Waals surface area contributed by atoms with Gasteiger partial charge in [-0.3, -0.25) is 4.99 Å². The summed E-state index contributed by atoms with van der Waals surface area (Å²) in [6.07, 6.45) is 2.09. The highest BCUT2D eigenvalue weighted by Crippen LogP contribution is 2.17. The van der Waals surface area contributed by atoms with Crippen molar-refractivity contribution < 1.29 is 17.9 Å². The molecule has 10 heteroatoms. The molecule has 1 aliphatic heterocycles. The fourth-order valence-electron chi connectivity index (χ4n) is 2.80. The number of sulfonamides is 1. The number of guanidine groups is 1. The molecular formula is C20H35IN4O4S. The number of nitrogens with one attached hydrogen (secondary N) is 2. The molecule has 1 saturated heterocycles. The maximum absolute atomic E-state index is 12.5. The highest BCUT2D eigenvalue weighted by atomic mass is 127. The second-order valence-corrected chi connectivity index (χ2v) is 9.32. The van der Waals surface area contributed by atoms with Crippen LogP contribution < -0.4 is 10.6 Å². The van der Waals surface area contributed by atoms with Crippen LogP contribution in [-0.4, -0.2) is 71.3 Å². The first-order valence-electron chi connectivity index (χ1n) is 10.1. The minimum Gasteiger partial charge on any atom is -0.379 e. The molecule has 1 heterocycles. The predicted octanol–water partition coefficient (Wildman–Crippen LogP) is 2.19. The van der Waals surface area contributed by atoms with E-state index in [0.29, 0.717) is 30.6 Å².